The van der Waals surface area contributed by atoms with Gasteiger partial charge in [0.25, 0.3) is 0 Å². The third-order valence-electron chi connectivity index (χ3n) is 1.99. The van der Waals surface area contributed by atoms with Crippen molar-refractivity contribution in [1.82, 2.24) is 15.3 Å². The number of aliphatic hydroxyl groups is 1. The molecular formula is C7H14N3O2. The molecule has 0 bridgehead atoms. The SMILES string of the molecule is O=[C]NN1CCN(CCO)CC1. The Hall–Kier alpha value is -0.650. The first-order valence-electron chi connectivity index (χ1n) is 4.08. The fourth-order valence-corrected chi connectivity index (χ4v) is 1.29. The number of β-amino-alcohol motifs (C(OH)–C–C–N with tert-alkyl or cyclic N) is 1. The Morgan fingerprint density at radius 1 is 1.33 bits per heavy atom. The summed E-state index contributed by atoms with van der Waals surface area (Å²) in [5.41, 5.74) is 2.49. The van der Waals surface area contributed by atoms with Gasteiger partial charge in [0, 0.05) is 32.7 Å². The van der Waals surface area contributed by atoms with Crippen molar-refractivity contribution < 1.29 is 9.90 Å². The van der Waals surface area contributed by atoms with E-state index in [0.29, 0.717) is 0 Å². The van der Waals surface area contributed by atoms with Crippen molar-refractivity contribution in [1.29, 1.82) is 0 Å². The quantitative estimate of drug-likeness (QED) is 0.490. The maximum Gasteiger partial charge on any atom is 0.324 e. The van der Waals surface area contributed by atoms with Gasteiger partial charge < -0.3 is 5.11 Å². The molecular weight excluding hydrogens is 158 g/mol. The summed E-state index contributed by atoms with van der Waals surface area (Å²) in [7, 11) is 0. The van der Waals surface area contributed by atoms with E-state index in [4.69, 9.17) is 5.11 Å². The average Bonchev–Trinajstić information content (AvgIpc) is 2.09. The molecule has 0 aliphatic carbocycles. The van der Waals surface area contributed by atoms with Crippen LogP contribution in [-0.4, -0.2) is 60.8 Å². The van der Waals surface area contributed by atoms with E-state index in [2.05, 4.69) is 10.3 Å². The van der Waals surface area contributed by atoms with Crippen LogP contribution < -0.4 is 5.43 Å². The van der Waals surface area contributed by atoms with Crippen LogP contribution in [0.25, 0.3) is 0 Å². The number of nitrogens with one attached hydrogen (secondary N) is 1. The van der Waals surface area contributed by atoms with Crippen LogP contribution in [0.5, 0.6) is 0 Å². The molecule has 1 heterocycles. The molecule has 0 aromatic rings. The molecule has 0 unspecified atom stereocenters. The highest BCUT2D eigenvalue weighted by Crippen LogP contribution is 1.96. The van der Waals surface area contributed by atoms with Crippen LogP contribution in [0.15, 0.2) is 0 Å². The van der Waals surface area contributed by atoms with Crippen molar-refractivity contribution in [2.24, 2.45) is 0 Å². The summed E-state index contributed by atoms with van der Waals surface area (Å²) >= 11 is 0. The van der Waals surface area contributed by atoms with E-state index in [1.165, 1.54) is 0 Å². The second kappa shape index (κ2) is 5.08. The molecule has 0 aromatic carbocycles. The molecule has 1 aliphatic rings. The van der Waals surface area contributed by atoms with Crippen molar-refractivity contribution in [2.45, 2.75) is 0 Å². The molecule has 1 radical (unpaired) electrons. The van der Waals surface area contributed by atoms with Crippen LogP contribution in [0.4, 0.5) is 0 Å². The summed E-state index contributed by atoms with van der Waals surface area (Å²) in [6.07, 6.45) is 1.64. The number of amides is 1. The third-order valence-corrected chi connectivity index (χ3v) is 1.99. The molecule has 12 heavy (non-hydrogen) atoms. The van der Waals surface area contributed by atoms with Crippen LogP contribution in [0.1, 0.15) is 0 Å². The standard InChI is InChI=1S/C7H14N3O2/c11-6-5-9-1-3-10(4-2-9)8-7-12/h11H,1-6H2,(H,8,12). The molecule has 1 aliphatic heterocycles. The minimum Gasteiger partial charge on any atom is -0.395 e. The van der Waals surface area contributed by atoms with Crippen LogP contribution in [0.2, 0.25) is 0 Å². The Morgan fingerprint density at radius 2 is 2.00 bits per heavy atom. The molecule has 0 atom stereocenters. The Balaban J connectivity index is 2.15. The number of hydrogen-bond donors (Lipinski definition) is 2. The fourth-order valence-electron chi connectivity index (χ4n) is 1.29. The fraction of sp³-hybridized carbons (Fsp3) is 0.857. The van der Waals surface area contributed by atoms with Crippen LogP contribution in [-0.2, 0) is 4.79 Å². The Labute approximate surface area is 71.9 Å². The zero-order chi connectivity index (χ0) is 8.81. The topological polar surface area (TPSA) is 55.8 Å². The number of aliphatic hydroxyl groups excluding tert-OH is 1. The average molecular weight is 172 g/mol. The molecule has 1 fully saturated rings. The predicted molar refractivity (Wildman–Crippen MR) is 43.9 cm³/mol. The second-order valence-electron chi connectivity index (χ2n) is 2.77. The first-order valence-corrected chi connectivity index (χ1v) is 4.08. The van der Waals surface area contributed by atoms with Crippen molar-refractivity contribution in [3.63, 3.8) is 0 Å². The normalized spacial score (nSPS) is 20.8. The van der Waals surface area contributed by atoms with E-state index < -0.39 is 0 Å². The highest BCUT2D eigenvalue weighted by molar-refractivity contribution is 5.46. The van der Waals surface area contributed by atoms with E-state index in [9.17, 15) is 4.79 Å². The molecule has 0 spiro atoms. The second-order valence-corrected chi connectivity index (χ2v) is 2.77. The summed E-state index contributed by atoms with van der Waals surface area (Å²) in [4.78, 5) is 12.1. The van der Waals surface area contributed by atoms with Crippen LogP contribution >= 0.6 is 0 Å². The first-order chi connectivity index (χ1) is 5.86. The number of piperazine rings is 1. The van der Waals surface area contributed by atoms with Gasteiger partial charge in [-0.15, -0.1) is 0 Å². The Bertz CT molecular complexity index is 135. The highest BCUT2D eigenvalue weighted by atomic mass is 16.3. The number of hydrogen-bond acceptors (Lipinski definition) is 4. The van der Waals surface area contributed by atoms with Gasteiger partial charge in [-0.05, 0) is 0 Å². The maximum absolute atomic E-state index is 9.95. The zero-order valence-electron chi connectivity index (χ0n) is 6.99. The van der Waals surface area contributed by atoms with E-state index in [-0.39, 0.29) is 6.61 Å². The Kier molecular flexibility index (Phi) is 3.99. The summed E-state index contributed by atoms with van der Waals surface area (Å²) in [6, 6.07) is 0. The summed E-state index contributed by atoms with van der Waals surface area (Å²) in [5, 5.41) is 10.5. The van der Waals surface area contributed by atoms with E-state index in [1.807, 2.05) is 5.01 Å². The smallest absolute Gasteiger partial charge is 0.324 e. The minimum absolute atomic E-state index is 0.202. The summed E-state index contributed by atoms with van der Waals surface area (Å²) in [6.45, 7) is 4.29. The first kappa shape index (κ1) is 9.44. The van der Waals surface area contributed by atoms with Gasteiger partial charge in [0.05, 0.1) is 6.61 Å². The lowest BCUT2D eigenvalue weighted by molar-refractivity contribution is 0.0956. The molecule has 0 saturated carbocycles. The zero-order valence-corrected chi connectivity index (χ0v) is 6.99. The van der Waals surface area contributed by atoms with Crippen molar-refractivity contribution in [3.8, 4) is 0 Å². The summed E-state index contributed by atoms with van der Waals surface area (Å²) < 4.78 is 0. The summed E-state index contributed by atoms with van der Waals surface area (Å²) in [5.74, 6) is 0. The predicted octanol–water partition coefficient (Wildman–Crippen LogP) is -1.83. The van der Waals surface area contributed by atoms with Gasteiger partial charge >= 0.3 is 6.41 Å². The lowest BCUT2D eigenvalue weighted by atomic mass is 10.3. The van der Waals surface area contributed by atoms with Gasteiger partial charge in [0.1, 0.15) is 0 Å². The van der Waals surface area contributed by atoms with E-state index in [0.717, 1.165) is 32.7 Å². The van der Waals surface area contributed by atoms with Crippen LogP contribution in [0.3, 0.4) is 0 Å². The third kappa shape index (κ3) is 2.77. The van der Waals surface area contributed by atoms with Gasteiger partial charge in [-0.3, -0.25) is 15.1 Å². The van der Waals surface area contributed by atoms with Crippen molar-refractivity contribution in [2.75, 3.05) is 39.3 Å². The lowest BCUT2D eigenvalue weighted by Gasteiger charge is -2.32. The lowest BCUT2D eigenvalue weighted by Crippen LogP contribution is -2.51. The molecule has 1 rings (SSSR count). The molecule has 1 amide bonds. The minimum atomic E-state index is 0.202. The van der Waals surface area contributed by atoms with Gasteiger partial charge in [0.15, 0.2) is 0 Å². The van der Waals surface area contributed by atoms with Gasteiger partial charge in [-0.1, -0.05) is 0 Å². The van der Waals surface area contributed by atoms with Gasteiger partial charge in [-0.25, -0.2) is 5.01 Å². The molecule has 1 saturated heterocycles. The van der Waals surface area contributed by atoms with E-state index in [1.54, 1.807) is 6.41 Å². The highest BCUT2D eigenvalue weighted by Gasteiger charge is 2.15. The van der Waals surface area contributed by atoms with Gasteiger partial charge in [-0.2, -0.15) is 0 Å². The van der Waals surface area contributed by atoms with Gasteiger partial charge in [0.2, 0.25) is 0 Å². The van der Waals surface area contributed by atoms with E-state index >= 15 is 0 Å². The molecule has 2 N–H and O–H groups in total. The molecule has 5 heteroatoms. The number of rotatable bonds is 4. The number of hydrazine groups is 1. The molecule has 5 nitrogen and oxygen atoms in total. The maximum atomic E-state index is 9.95. The van der Waals surface area contributed by atoms with Crippen molar-refractivity contribution >= 4 is 6.41 Å². The number of carbonyl (C=O) groups excluding carboxylic acids is 1. The monoisotopic (exact) mass is 172 g/mol. The molecule has 0 aromatic heterocycles. The number of nitrogens with zero attached hydrogens (tertiary/aromatic N) is 2. The Morgan fingerprint density at radius 3 is 2.50 bits per heavy atom. The van der Waals surface area contributed by atoms with Crippen molar-refractivity contribution in [3.05, 3.63) is 0 Å². The van der Waals surface area contributed by atoms with Crippen LogP contribution in [0, 0.1) is 0 Å². The largest absolute Gasteiger partial charge is 0.395 e. The molecule has 69 valence electrons.